The number of ether oxygens (including phenoxy) is 1. The number of hydrogen-bond acceptors (Lipinski definition) is 5. The van der Waals surface area contributed by atoms with Gasteiger partial charge in [-0.15, -0.1) is 0 Å². The Kier molecular flexibility index (Phi) is 7.56. The average molecular weight is 425 g/mol. The quantitative estimate of drug-likeness (QED) is 0.634. The number of rotatable bonds is 8. The summed E-state index contributed by atoms with van der Waals surface area (Å²) in [5.41, 5.74) is 0.992. The van der Waals surface area contributed by atoms with E-state index in [9.17, 15) is 18.0 Å². The molecule has 0 atom stereocenters. The first-order chi connectivity index (χ1) is 13.3. The van der Waals surface area contributed by atoms with E-state index in [1.807, 2.05) is 0 Å². The summed E-state index contributed by atoms with van der Waals surface area (Å²) in [6.45, 7) is 2.30. The smallest absolute Gasteiger partial charge is 0.255 e. The van der Waals surface area contributed by atoms with E-state index in [4.69, 9.17) is 16.3 Å². The number of methoxy groups -OCH3 is 1. The monoisotopic (exact) mass is 424 g/mol. The van der Waals surface area contributed by atoms with Crippen molar-refractivity contribution in [1.82, 2.24) is 5.32 Å². The zero-order valence-corrected chi connectivity index (χ0v) is 17.1. The van der Waals surface area contributed by atoms with Crippen LogP contribution in [0.4, 0.5) is 5.69 Å². The van der Waals surface area contributed by atoms with Crippen LogP contribution in [0.1, 0.15) is 27.6 Å². The fourth-order valence-electron chi connectivity index (χ4n) is 2.32. The van der Waals surface area contributed by atoms with E-state index in [1.54, 1.807) is 13.0 Å². The minimum atomic E-state index is -3.32. The highest BCUT2D eigenvalue weighted by Gasteiger charge is 2.14. The lowest BCUT2D eigenvalue weighted by atomic mass is 10.1. The maximum atomic E-state index is 12.4. The van der Waals surface area contributed by atoms with E-state index >= 15 is 0 Å². The SMILES string of the molecule is CCS(=O)(=O)c1ccc(C(=O)Nc2ccc(C(=O)NCCOC)c(Cl)c2)cc1. The Morgan fingerprint density at radius 1 is 1.07 bits per heavy atom. The molecule has 0 aromatic heterocycles. The zero-order valence-electron chi connectivity index (χ0n) is 15.5. The lowest BCUT2D eigenvalue weighted by Gasteiger charge is -2.10. The van der Waals surface area contributed by atoms with Gasteiger partial charge in [0.05, 0.1) is 27.8 Å². The summed E-state index contributed by atoms with van der Waals surface area (Å²) in [5, 5.41) is 5.52. The van der Waals surface area contributed by atoms with Crippen molar-refractivity contribution < 1.29 is 22.7 Å². The van der Waals surface area contributed by atoms with E-state index in [1.165, 1.54) is 43.5 Å². The van der Waals surface area contributed by atoms with Gasteiger partial charge in [0.15, 0.2) is 9.84 Å². The van der Waals surface area contributed by atoms with Crippen LogP contribution in [-0.2, 0) is 14.6 Å². The molecule has 0 saturated carbocycles. The molecule has 28 heavy (non-hydrogen) atoms. The Balaban J connectivity index is 2.08. The van der Waals surface area contributed by atoms with Crippen molar-refractivity contribution in [2.24, 2.45) is 0 Å². The normalized spacial score (nSPS) is 11.1. The minimum absolute atomic E-state index is 0.0115. The highest BCUT2D eigenvalue weighted by molar-refractivity contribution is 7.91. The standard InChI is InChI=1S/C19H21ClN2O5S/c1-3-28(25,26)15-7-4-13(5-8-15)18(23)22-14-6-9-16(17(20)12-14)19(24)21-10-11-27-2/h4-9,12H,3,10-11H2,1-2H3,(H,21,24)(H,22,23). The first kappa shape index (κ1) is 21.9. The van der Waals surface area contributed by atoms with Crippen LogP contribution in [-0.4, -0.2) is 46.2 Å². The van der Waals surface area contributed by atoms with Crippen molar-refractivity contribution in [2.45, 2.75) is 11.8 Å². The third-order valence-corrected chi connectivity index (χ3v) is 5.98. The topological polar surface area (TPSA) is 102 Å². The van der Waals surface area contributed by atoms with Gasteiger partial charge in [0, 0.05) is 24.9 Å². The van der Waals surface area contributed by atoms with Crippen molar-refractivity contribution >= 4 is 38.9 Å². The molecule has 0 aliphatic rings. The highest BCUT2D eigenvalue weighted by Crippen LogP contribution is 2.22. The van der Waals surface area contributed by atoms with Gasteiger partial charge in [0.1, 0.15) is 0 Å². The first-order valence-electron chi connectivity index (χ1n) is 8.49. The molecule has 7 nitrogen and oxygen atoms in total. The van der Waals surface area contributed by atoms with Gasteiger partial charge < -0.3 is 15.4 Å². The molecule has 2 aromatic carbocycles. The van der Waals surface area contributed by atoms with Crippen molar-refractivity contribution in [3.8, 4) is 0 Å². The number of hydrogen-bond donors (Lipinski definition) is 2. The van der Waals surface area contributed by atoms with Crippen molar-refractivity contribution in [2.75, 3.05) is 31.3 Å². The number of anilines is 1. The van der Waals surface area contributed by atoms with Crippen LogP contribution in [0.5, 0.6) is 0 Å². The molecule has 2 aromatic rings. The largest absolute Gasteiger partial charge is 0.383 e. The Labute approximate surface area is 169 Å². The summed E-state index contributed by atoms with van der Waals surface area (Å²) in [6.07, 6.45) is 0. The highest BCUT2D eigenvalue weighted by atomic mass is 35.5. The van der Waals surface area contributed by atoms with Gasteiger partial charge >= 0.3 is 0 Å². The Morgan fingerprint density at radius 3 is 2.32 bits per heavy atom. The van der Waals surface area contributed by atoms with Gasteiger partial charge in [-0.3, -0.25) is 9.59 Å². The molecule has 0 unspecified atom stereocenters. The number of carbonyl (C=O) groups excluding carboxylic acids is 2. The molecule has 0 aliphatic heterocycles. The van der Waals surface area contributed by atoms with Gasteiger partial charge in [-0.1, -0.05) is 18.5 Å². The number of benzene rings is 2. The number of sulfone groups is 1. The van der Waals surface area contributed by atoms with Crippen LogP contribution < -0.4 is 10.6 Å². The molecule has 0 spiro atoms. The number of amides is 2. The Morgan fingerprint density at radius 2 is 1.75 bits per heavy atom. The van der Waals surface area contributed by atoms with Crippen molar-refractivity contribution in [3.05, 3.63) is 58.6 Å². The molecule has 0 saturated heterocycles. The fourth-order valence-corrected chi connectivity index (χ4v) is 3.47. The second-order valence-electron chi connectivity index (χ2n) is 5.83. The second-order valence-corrected chi connectivity index (χ2v) is 8.51. The molecule has 0 aliphatic carbocycles. The maximum absolute atomic E-state index is 12.4. The molecule has 0 heterocycles. The molecule has 0 bridgehead atoms. The van der Waals surface area contributed by atoms with Crippen molar-refractivity contribution in [1.29, 1.82) is 0 Å². The summed E-state index contributed by atoms with van der Waals surface area (Å²) in [6, 6.07) is 10.2. The van der Waals surface area contributed by atoms with E-state index in [0.717, 1.165) is 0 Å². The number of nitrogens with one attached hydrogen (secondary N) is 2. The molecule has 0 fully saturated rings. The number of halogens is 1. The van der Waals surface area contributed by atoms with Gasteiger partial charge in [-0.2, -0.15) is 0 Å². The lowest BCUT2D eigenvalue weighted by molar-refractivity contribution is 0.0936. The molecule has 2 amide bonds. The van der Waals surface area contributed by atoms with E-state index < -0.39 is 15.7 Å². The van der Waals surface area contributed by atoms with Crippen LogP contribution in [0.2, 0.25) is 5.02 Å². The fraction of sp³-hybridized carbons (Fsp3) is 0.263. The molecule has 2 N–H and O–H groups in total. The Hall–Kier alpha value is -2.42. The summed E-state index contributed by atoms with van der Waals surface area (Å²) in [5.74, 6) is -0.774. The van der Waals surface area contributed by atoms with Crippen molar-refractivity contribution in [3.63, 3.8) is 0 Å². The van der Waals surface area contributed by atoms with Crippen LogP contribution in [0.15, 0.2) is 47.4 Å². The van der Waals surface area contributed by atoms with Crippen LogP contribution in [0.3, 0.4) is 0 Å². The molecule has 0 radical (unpaired) electrons. The minimum Gasteiger partial charge on any atom is -0.383 e. The Bertz CT molecular complexity index is 959. The third kappa shape index (κ3) is 5.54. The van der Waals surface area contributed by atoms with Crippen LogP contribution >= 0.6 is 11.6 Å². The predicted molar refractivity (Wildman–Crippen MR) is 108 cm³/mol. The second kappa shape index (κ2) is 9.68. The van der Waals surface area contributed by atoms with Gasteiger partial charge in [-0.05, 0) is 42.5 Å². The van der Waals surface area contributed by atoms with Crippen LogP contribution in [0.25, 0.3) is 0 Å². The van der Waals surface area contributed by atoms with E-state index in [0.29, 0.717) is 24.4 Å². The zero-order chi connectivity index (χ0) is 20.7. The molecule has 2 rings (SSSR count). The van der Waals surface area contributed by atoms with Gasteiger partial charge in [0.2, 0.25) is 0 Å². The first-order valence-corrected chi connectivity index (χ1v) is 10.5. The van der Waals surface area contributed by atoms with Gasteiger partial charge in [0.25, 0.3) is 11.8 Å². The van der Waals surface area contributed by atoms with Gasteiger partial charge in [-0.25, -0.2) is 8.42 Å². The van der Waals surface area contributed by atoms with Crippen LogP contribution in [0, 0.1) is 0 Å². The summed E-state index contributed by atoms with van der Waals surface area (Å²) in [4.78, 5) is 24.6. The summed E-state index contributed by atoms with van der Waals surface area (Å²) in [7, 11) is -1.79. The molecular formula is C19H21ClN2O5S. The molecule has 9 heteroatoms. The number of carbonyl (C=O) groups is 2. The lowest BCUT2D eigenvalue weighted by Crippen LogP contribution is -2.27. The summed E-state index contributed by atoms with van der Waals surface area (Å²) < 4.78 is 28.5. The van der Waals surface area contributed by atoms with E-state index in [2.05, 4.69) is 10.6 Å². The average Bonchev–Trinajstić information content (AvgIpc) is 2.68. The molecule has 150 valence electrons. The summed E-state index contributed by atoms with van der Waals surface area (Å²) >= 11 is 6.14. The third-order valence-electron chi connectivity index (χ3n) is 3.92. The van der Waals surface area contributed by atoms with E-state index in [-0.39, 0.29) is 27.1 Å². The molecular weight excluding hydrogens is 404 g/mol. The predicted octanol–water partition coefficient (Wildman–Crippen LogP) is 2.76. The maximum Gasteiger partial charge on any atom is 0.255 e.